The van der Waals surface area contributed by atoms with Gasteiger partial charge in [-0.1, -0.05) is 13.3 Å². The van der Waals surface area contributed by atoms with Gasteiger partial charge in [-0.2, -0.15) is 0 Å². The van der Waals surface area contributed by atoms with Gasteiger partial charge in [0.1, 0.15) is 0 Å². The number of carbonyl (C=O) groups excluding carboxylic acids is 1. The lowest BCUT2D eigenvalue weighted by Gasteiger charge is -2.10. The highest BCUT2D eigenvalue weighted by Gasteiger charge is 2.01. The van der Waals surface area contributed by atoms with Crippen molar-refractivity contribution in [2.75, 3.05) is 26.2 Å². The van der Waals surface area contributed by atoms with Gasteiger partial charge in [0.15, 0.2) is 0 Å². The van der Waals surface area contributed by atoms with E-state index in [0.29, 0.717) is 19.6 Å². The first kappa shape index (κ1) is 13.8. The third-order valence-corrected chi connectivity index (χ3v) is 2.71. The Bertz CT molecular complexity index is 155. The largest absolute Gasteiger partial charge is 0.389 e. The summed E-state index contributed by atoms with van der Waals surface area (Å²) >= 11 is 0. The van der Waals surface area contributed by atoms with Gasteiger partial charge in [0.05, 0.1) is 21.1 Å². The van der Waals surface area contributed by atoms with Crippen molar-refractivity contribution in [3.63, 3.8) is 0 Å². The van der Waals surface area contributed by atoms with Crippen molar-refractivity contribution in [1.82, 2.24) is 5.32 Å². The van der Waals surface area contributed by atoms with E-state index in [-0.39, 0.29) is 12.3 Å². The minimum absolute atomic E-state index is 0.0825. The summed E-state index contributed by atoms with van der Waals surface area (Å²) in [5, 5.41) is 11.4. The molecular formula is C9H20NO3P. The third kappa shape index (κ3) is 8.42. The zero-order valence-corrected chi connectivity index (χ0v) is 9.85. The fourth-order valence-electron chi connectivity index (χ4n) is 0.858. The first-order valence-corrected chi connectivity index (χ1v) is 6.81. The maximum Gasteiger partial charge on any atom is 0.220 e. The predicted molar refractivity (Wildman–Crippen MR) is 58.4 cm³/mol. The normalized spacial score (nSPS) is 12.5. The number of nitrogens with one attached hydrogen (secondary N) is 1. The molecule has 1 unspecified atom stereocenters. The first-order valence-electron chi connectivity index (χ1n) is 4.92. The number of carbonyl (C=O) groups is 1. The molecule has 0 aromatic rings. The van der Waals surface area contributed by atoms with E-state index in [1.165, 1.54) is 0 Å². The molecule has 0 rings (SSSR count). The fourth-order valence-corrected chi connectivity index (χ4v) is 1.34. The van der Waals surface area contributed by atoms with Crippen molar-refractivity contribution in [3.8, 4) is 0 Å². The highest BCUT2D eigenvalue weighted by molar-refractivity contribution is 7.51. The van der Waals surface area contributed by atoms with Gasteiger partial charge >= 0.3 is 0 Å². The quantitative estimate of drug-likeness (QED) is 0.479. The highest BCUT2D eigenvalue weighted by Crippen LogP contribution is 2.28. The Balaban J connectivity index is 3.22. The van der Waals surface area contributed by atoms with Crippen molar-refractivity contribution in [1.29, 1.82) is 0 Å². The lowest BCUT2D eigenvalue weighted by atomic mass is 10.2. The van der Waals surface area contributed by atoms with E-state index in [1.54, 1.807) is 0 Å². The Kier molecular flexibility index (Phi) is 9.26. The van der Waals surface area contributed by atoms with Crippen LogP contribution in [0.5, 0.6) is 0 Å². The number of aliphatic hydroxyl groups is 1. The number of amides is 1. The predicted octanol–water partition coefficient (Wildman–Crippen LogP) is 1.29. The molecule has 1 atom stereocenters. The molecule has 0 saturated carbocycles. The Labute approximate surface area is 86.9 Å². The van der Waals surface area contributed by atoms with E-state index in [2.05, 4.69) is 12.2 Å². The van der Waals surface area contributed by atoms with Gasteiger partial charge in [-0.3, -0.25) is 4.79 Å². The van der Waals surface area contributed by atoms with Crippen molar-refractivity contribution >= 4 is 14.1 Å². The number of unbranched alkanes of at least 4 members (excludes halogenated alkanes) is 1. The highest BCUT2D eigenvalue weighted by atomic mass is 31.1. The van der Waals surface area contributed by atoms with Crippen LogP contribution in [-0.4, -0.2) is 37.2 Å². The van der Waals surface area contributed by atoms with Crippen LogP contribution in [0.3, 0.4) is 0 Å². The summed E-state index contributed by atoms with van der Waals surface area (Å²) in [7, 11) is -0.716. The van der Waals surface area contributed by atoms with Crippen LogP contribution in [-0.2, 0) is 9.32 Å². The molecule has 0 aromatic heterocycles. The van der Waals surface area contributed by atoms with Crippen LogP contribution in [0.4, 0.5) is 0 Å². The second-order valence-electron chi connectivity index (χ2n) is 3.06. The molecule has 14 heavy (non-hydrogen) atoms. The van der Waals surface area contributed by atoms with Crippen LogP contribution in [0.2, 0.25) is 0 Å². The van der Waals surface area contributed by atoms with Crippen LogP contribution in [0.1, 0.15) is 26.2 Å². The van der Waals surface area contributed by atoms with Gasteiger partial charge < -0.3 is 14.9 Å². The second-order valence-corrected chi connectivity index (χ2v) is 4.85. The van der Waals surface area contributed by atoms with Crippen molar-refractivity contribution < 1.29 is 14.4 Å². The molecule has 0 radical (unpaired) electrons. The monoisotopic (exact) mass is 221 g/mol. The molecule has 2 N–H and O–H groups in total. The molecule has 0 heterocycles. The number of rotatable bonds is 8. The Morgan fingerprint density at radius 2 is 2.29 bits per heavy atom. The van der Waals surface area contributed by atoms with E-state index in [1.807, 2.05) is 6.66 Å². The van der Waals surface area contributed by atoms with Crippen LogP contribution >= 0.6 is 8.15 Å². The lowest BCUT2D eigenvalue weighted by molar-refractivity contribution is -0.121. The van der Waals surface area contributed by atoms with Crippen molar-refractivity contribution in [2.45, 2.75) is 26.2 Å². The van der Waals surface area contributed by atoms with Gasteiger partial charge in [0.25, 0.3) is 0 Å². The molecule has 0 aliphatic carbocycles. The van der Waals surface area contributed by atoms with E-state index in [4.69, 9.17) is 9.63 Å². The van der Waals surface area contributed by atoms with Crippen LogP contribution in [0, 0.1) is 0 Å². The standard InChI is InChI=1S/C9H20NO3P/c1-3-4-5-9(12)10-6-7-13-14(2)8-11/h11H,3-8H2,1-2H3,(H,10,12). The smallest absolute Gasteiger partial charge is 0.220 e. The maximum atomic E-state index is 11.1. The molecule has 0 spiro atoms. The zero-order valence-electron chi connectivity index (χ0n) is 8.95. The summed E-state index contributed by atoms with van der Waals surface area (Å²) < 4.78 is 5.25. The maximum absolute atomic E-state index is 11.1. The third-order valence-electron chi connectivity index (χ3n) is 1.69. The average Bonchev–Trinajstić information content (AvgIpc) is 2.21. The summed E-state index contributed by atoms with van der Waals surface area (Å²) in [5.74, 6) is 0.0832. The minimum Gasteiger partial charge on any atom is -0.389 e. The van der Waals surface area contributed by atoms with E-state index >= 15 is 0 Å². The Morgan fingerprint density at radius 3 is 2.86 bits per heavy atom. The molecule has 1 amide bonds. The number of hydrogen-bond acceptors (Lipinski definition) is 3. The van der Waals surface area contributed by atoms with E-state index < -0.39 is 8.15 Å². The molecule has 5 heteroatoms. The van der Waals surface area contributed by atoms with Crippen molar-refractivity contribution in [2.24, 2.45) is 0 Å². The summed E-state index contributed by atoms with van der Waals surface area (Å²) in [5.41, 5.74) is 0. The molecule has 0 aromatic carbocycles. The van der Waals surface area contributed by atoms with Gasteiger partial charge in [0, 0.05) is 13.0 Å². The average molecular weight is 221 g/mol. The molecule has 0 aliphatic rings. The second kappa shape index (κ2) is 9.38. The molecule has 0 fully saturated rings. The van der Waals surface area contributed by atoms with Crippen LogP contribution < -0.4 is 5.32 Å². The number of hydrogen-bond donors (Lipinski definition) is 2. The van der Waals surface area contributed by atoms with Crippen LogP contribution in [0.15, 0.2) is 0 Å². The molecule has 84 valence electrons. The lowest BCUT2D eigenvalue weighted by Crippen LogP contribution is -2.26. The Morgan fingerprint density at radius 1 is 1.57 bits per heavy atom. The molecule has 0 bridgehead atoms. The first-order chi connectivity index (χ1) is 6.70. The topological polar surface area (TPSA) is 58.6 Å². The summed E-state index contributed by atoms with van der Waals surface area (Å²) in [6.45, 7) is 4.94. The molecule has 4 nitrogen and oxygen atoms in total. The van der Waals surface area contributed by atoms with Gasteiger partial charge in [-0.15, -0.1) is 0 Å². The van der Waals surface area contributed by atoms with Gasteiger partial charge in [0.2, 0.25) is 5.91 Å². The summed E-state index contributed by atoms with van der Waals surface area (Å²) in [6, 6.07) is 0. The molecule has 0 saturated heterocycles. The van der Waals surface area contributed by atoms with Crippen molar-refractivity contribution in [3.05, 3.63) is 0 Å². The molecule has 0 aliphatic heterocycles. The summed E-state index contributed by atoms with van der Waals surface area (Å²) in [6.07, 6.45) is 2.65. The van der Waals surface area contributed by atoms with Crippen LogP contribution in [0.25, 0.3) is 0 Å². The fraction of sp³-hybridized carbons (Fsp3) is 0.889. The Hall–Kier alpha value is -0.180. The van der Waals surface area contributed by atoms with E-state index in [9.17, 15) is 4.79 Å². The molecular weight excluding hydrogens is 201 g/mol. The van der Waals surface area contributed by atoms with E-state index in [0.717, 1.165) is 12.8 Å². The zero-order chi connectivity index (χ0) is 10.8. The summed E-state index contributed by atoms with van der Waals surface area (Å²) in [4.78, 5) is 11.1. The van der Waals surface area contributed by atoms with Gasteiger partial charge in [-0.25, -0.2) is 0 Å². The number of aliphatic hydroxyl groups excluding tert-OH is 1. The SMILES string of the molecule is CCCCC(=O)NCCOP(C)CO. The minimum atomic E-state index is -0.716. The van der Waals surface area contributed by atoms with Gasteiger partial charge in [-0.05, 0) is 13.1 Å².